The van der Waals surface area contributed by atoms with E-state index >= 15 is 0 Å². The maximum absolute atomic E-state index is 13.4. The summed E-state index contributed by atoms with van der Waals surface area (Å²) in [5.41, 5.74) is -0.259. The van der Waals surface area contributed by atoms with Crippen LogP contribution in [-0.4, -0.2) is 12.6 Å². The van der Waals surface area contributed by atoms with Crippen molar-refractivity contribution in [1.82, 2.24) is 5.32 Å². The van der Waals surface area contributed by atoms with Crippen LogP contribution in [0.2, 0.25) is 0 Å². The molecule has 2 nitrogen and oxygen atoms in total. The molecule has 2 rings (SSSR count). The van der Waals surface area contributed by atoms with E-state index in [1.54, 1.807) is 0 Å². The molecule has 0 radical (unpaired) electrons. The molecule has 1 unspecified atom stereocenters. The summed E-state index contributed by atoms with van der Waals surface area (Å²) >= 11 is 0. The summed E-state index contributed by atoms with van der Waals surface area (Å²) in [5, 5.41) is 11.5. The van der Waals surface area contributed by atoms with Crippen LogP contribution in [0.15, 0.2) is 12.1 Å². The lowest BCUT2D eigenvalue weighted by Gasteiger charge is -2.11. The molecule has 0 saturated carbocycles. The van der Waals surface area contributed by atoms with Gasteiger partial charge in [0.25, 0.3) is 0 Å². The second-order valence-corrected chi connectivity index (χ2v) is 3.78. The predicted molar refractivity (Wildman–Crippen MR) is 51.1 cm³/mol. The van der Waals surface area contributed by atoms with Crippen LogP contribution in [0, 0.1) is 28.8 Å². The Kier molecular flexibility index (Phi) is 2.84. The van der Waals surface area contributed by atoms with Gasteiger partial charge >= 0.3 is 0 Å². The van der Waals surface area contributed by atoms with E-state index in [1.807, 2.05) is 6.07 Å². The summed E-state index contributed by atoms with van der Waals surface area (Å²) in [6.45, 7) is 0.287. The van der Waals surface area contributed by atoms with E-state index in [4.69, 9.17) is 5.26 Å². The molecule has 1 aromatic carbocycles. The van der Waals surface area contributed by atoms with Crippen LogP contribution in [-0.2, 0) is 0 Å². The molecule has 1 aliphatic heterocycles. The zero-order valence-electron chi connectivity index (χ0n) is 8.30. The molecule has 16 heavy (non-hydrogen) atoms. The molecular weight excluding hydrogens is 217 g/mol. The van der Waals surface area contributed by atoms with Crippen LogP contribution < -0.4 is 5.32 Å². The molecular formula is C11H9F3N2. The second-order valence-electron chi connectivity index (χ2n) is 3.78. The summed E-state index contributed by atoms with van der Waals surface area (Å²) in [6, 6.07) is 3.22. The molecule has 2 atom stereocenters. The molecule has 5 heteroatoms. The molecule has 0 bridgehead atoms. The standard InChI is InChI=1S/C11H9F3N2/c12-8-1-2-9(13)11(14)10(8)6-3-7(4-15)16-5-6/h1-2,6-7,16H,3,5H2/t6-,7?/m0/s1. The van der Waals surface area contributed by atoms with Crippen LogP contribution >= 0.6 is 0 Å². The van der Waals surface area contributed by atoms with Crippen molar-refractivity contribution in [3.05, 3.63) is 35.1 Å². The third kappa shape index (κ3) is 1.76. The Morgan fingerprint density at radius 3 is 2.56 bits per heavy atom. The van der Waals surface area contributed by atoms with Crippen molar-refractivity contribution in [2.75, 3.05) is 6.54 Å². The minimum atomic E-state index is -1.15. The van der Waals surface area contributed by atoms with Crippen LogP contribution in [0.4, 0.5) is 13.2 Å². The first kappa shape index (κ1) is 11.0. The summed E-state index contributed by atoms with van der Waals surface area (Å²) < 4.78 is 39.8. The third-order valence-corrected chi connectivity index (χ3v) is 2.77. The highest BCUT2D eigenvalue weighted by atomic mass is 19.2. The van der Waals surface area contributed by atoms with Gasteiger partial charge in [0.15, 0.2) is 11.6 Å². The van der Waals surface area contributed by atoms with Crippen LogP contribution in [0.3, 0.4) is 0 Å². The van der Waals surface area contributed by atoms with Gasteiger partial charge in [-0.15, -0.1) is 0 Å². The predicted octanol–water partition coefficient (Wildman–Crippen LogP) is 2.07. The normalized spacial score (nSPS) is 24.4. The SMILES string of the molecule is N#CC1C[C@H](c2c(F)ccc(F)c2F)CN1. The number of benzene rings is 1. The lowest BCUT2D eigenvalue weighted by molar-refractivity contribution is 0.467. The molecule has 0 aliphatic carbocycles. The first-order chi connectivity index (χ1) is 7.63. The van der Waals surface area contributed by atoms with Crippen LogP contribution in [0.25, 0.3) is 0 Å². The van der Waals surface area contributed by atoms with Crippen molar-refractivity contribution in [1.29, 1.82) is 5.26 Å². The molecule has 1 aliphatic rings. The van der Waals surface area contributed by atoms with Crippen molar-refractivity contribution in [2.45, 2.75) is 18.4 Å². The van der Waals surface area contributed by atoms with Gasteiger partial charge in [0, 0.05) is 18.0 Å². The third-order valence-electron chi connectivity index (χ3n) is 2.77. The van der Waals surface area contributed by atoms with Gasteiger partial charge in [0.2, 0.25) is 0 Å². The van der Waals surface area contributed by atoms with Gasteiger partial charge < -0.3 is 5.32 Å². The Morgan fingerprint density at radius 2 is 1.94 bits per heavy atom. The van der Waals surface area contributed by atoms with Gasteiger partial charge in [0.05, 0.1) is 12.1 Å². The number of hydrogen-bond acceptors (Lipinski definition) is 2. The molecule has 1 saturated heterocycles. The second kappa shape index (κ2) is 4.14. The van der Waals surface area contributed by atoms with Crippen molar-refractivity contribution in [2.24, 2.45) is 0 Å². The van der Waals surface area contributed by atoms with Crippen LogP contribution in [0.1, 0.15) is 17.9 Å². The monoisotopic (exact) mass is 226 g/mol. The van der Waals surface area contributed by atoms with Crippen LogP contribution in [0.5, 0.6) is 0 Å². The summed E-state index contributed by atoms with van der Waals surface area (Å²) in [7, 11) is 0. The molecule has 84 valence electrons. The highest BCUT2D eigenvalue weighted by molar-refractivity contribution is 5.27. The molecule has 1 aromatic rings. The Balaban J connectivity index is 2.35. The molecule has 0 amide bonds. The average Bonchev–Trinajstić information content (AvgIpc) is 2.73. The van der Waals surface area contributed by atoms with Crippen molar-refractivity contribution >= 4 is 0 Å². The van der Waals surface area contributed by atoms with Gasteiger partial charge in [-0.3, -0.25) is 0 Å². The summed E-state index contributed by atoms with van der Waals surface area (Å²) in [5.74, 6) is -3.45. The van der Waals surface area contributed by atoms with Crippen molar-refractivity contribution < 1.29 is 13.2 Å². The topological polar surface area (TPSA) is 35.8 Å². The molecule has 0 aromatic heterocycles. The molecule has 1 heterocycles. The fourth-order valence-electron chi connectivity index (χ4n) is 1.97. The van der Waals surface area contributed by atoms with Gasteiger partial charge in [-0.2, -0.15) is 5.26 Å². The molecule has 1 fully saturated rings. The van der Waals surface area contributed by atoms with E-state index in [9.17, 15) is 13.2 Å². The Bertz CT molecular complexity index is 453. The number of nitrogens with one attached hydrogen (secondary N) is 1. The fourth-order valence-corrected chi connectivity index (χ4v) is 1.97. The average molecular weight is 226 g/mol. The smallest absolute Gasteiger partial charge is 0.165 e. The van der Waals surface area contributed by atoms with Gasteiger partial charge in [0.1, 0.15) is 5.82 Å². The fraction of sp³-hybridized carbons (Fsp3) is 0.364. The minimum absolute atomic E-state index is 0.259. The minimum Gasteiger partial charge on any atom is -0.301 e. The Morgan fingerprint density at radius 1 is 1.25 bits per heavy atom. The van der Waals surface area contributed by atoms with E-state index in [0.29, 0.717) is 6.42 Å². The zero-order valence-corrected chi connectivity index (χ0v) is 8.30. The Labute approximate surface area is 90.7 Å². The van der Waals surface area contributed by atoms with Crippen molar-refractivity contribution in [3.63, 3.8) is 0 Å². The highest BCUT2D eigenvalue weighted by Crippen LogP contribution is 2.30. The number of nitrogens with zero attached hydrogens (tertiary/aromatic N) is 1. The summed E-state index contributed by atoms with van der Waals surface area (Å²) in [4.78, 5) is 0. The largest absolute Gasteiger partial charge is 0.301 e. The molecule has 0 spiro atoms. The number of rotatable bonds is 1. The van der Waals surface area contributed by atoms with E-state index in [2.05, 4.69) is 5.32 Å². The number of halogens is 3. The molecule has 1 N–H and O–H groups in total. The Hall–Kier alpha value is -1.54. The maximum atomic E-state index is 13.4. The first-order valence-corrected chi connectivity index (χ1v) is 4.90. The van der Waals surface area contributed by atoms with E-state index < -0.39 is 29.4 Å². The maximum Gasteiger partial charge on any atom is 0.165 e. The highest BCUT2D eigenvalue weighted by Gasteiger charge is 2.30. The van der Waals surface area contributed by atoms with Gasteiger partial charge in [-0.25, -0.2) is 13.2 Å². The van der Waals surface area contributed by atoms with E-state index in [1.165, 1.54) is 0 Å². The first-order valence-electron chi connectivity index (χ1n) is 4.90. The summed E-state index contributed by atoms with van der Waals surface area (Å²) in [6.07, 6.45) is 0.299. The van der Waals surface area contributed by atoms with E-state index in [-0.39, 0.29) is 12.1 Å². The van der Waals surface area contributed by atoms with Gasteiger partial charge in [-0.05, 0) is 18.6 Å². The lowest BCUT2D eigenvalue weighted by atomic mass is 9.95. The lowest BCUT2D eigenvalue weighted by Crippen LogP contribution is -2.18. The van der Waals surface area contributed by atoms with Crippen molar-refractivity contribution in [3.8, 4) is 6.07 Å². The quantitative estimate of drug-likeness (QED) is 0.744. The zero-order chi connectivity index (χ0) is 11.7. The van der Waals surface area contributed by atoms with E-state index in [0.717, 1.165) is 12.1 Å². The number of hydrogen-bond donors (Lipinski definition) is 1. The van der Waals surface area contributed by atoms with Gasteiger partial charge in [-0.1, -0.05) is 0 Å². The number of nitriles is 1.